The van der Waals surface area contributed by atoms with Crippen molar-refractivity contribution in [3.63, 3.8) is 0 Å². The Hall–Kier alpha value is -8.36. The smallest absolute Gasteiger partial charge is 0.155 e. The van der Waals surface area contributed by atoms with E-state index in [4.69, 9.17) is 19.5 Å². The van der Waals surface area contributed by atoms with Crippen LogP contribution in [0.1, 0.15) is 68.0 Å². The average molecular weight is 1710 g/mol. The van der Waals surface area contributed by atoms with Gasteiger partial charge in [0.1, 0.15) is 5.58 Å². The van der Waals surface area contributed by atoms with E-state index in [0.29, 0.717) is 0 Å². The molecule has 0 amide bonds. The quantitative estimate of drug-likeness (QED) is 0.0765. The second kappa shape index (κ2) is 31.4. The van der Waals surface area contributed by atoms with Crippen LogP contribution in [0.5, 0.6) is 0 Å². The van der Waals surface area contributed by atoms with E-state index in [1.165, 1.54) is 75.0 Å². The summed E-state index contributed by atoms with van der Waals surface area (Å²) >= 11 is 0. The molecule has 0 spiro atoms. The van der Waals surface area contributed by atoms with E-state index in [0.717, 1.165) is 89.9 Å². The van der Waals surface area contributed by atoms with Crippen molar-refractivity contribution < 1.29 is 74.6 Å². The Kier molecular flexibility index (Phi) is 24.1. The van der Waals surface area contributed by atoms with Gasteiger partial charge in [0.05, 0.1) is 28.2 Å². The molecule has 0 aliphatic rings. The number of para-hydroxylation sites is 2. The maximum absolute atomic E-state index is 10.0. The number of aliphatic hydroxyl groups is 1. The van der Waals surface area contributed by atoms with E-state index in [1.807, 2.05) is 116 Å². The zero-order valence-electron chi connectivity index (χ0n) is 52.0. The van der Waals surface area contributed by atoms with Crippen LogP contribution in [0.4, 0.5) is 0 Å². The molecule has 0 saturated heterocycles. The number of benzene rings is 8. The Labute approximate surface area is 568 Å². The standard InChI is InChI=1S/C28H27N2.C18H12NO.C17H14N.C11H8N.C5H8O2.3Ir/c1-18-9-8-10-19(2)26(18)25-17-29-27-22-12-7-6-11-21(22)23-15-20(16-28(3,4)5)13-14-24(23)30(25)27;1-12-9-10-19-16(11-12)15-7-4-6-14-13-5-2-3-8-17(13)20-18(14)15;1-12-9-13(2)11-15(10-12)17-8-7-14-5-3-4-6-16(14)18-17;1-2-6-10(7-3-1)11-8-4-5-9-12-11;1-4(6)3-5(2)7;;;/h6-11,13-15,17H,16H2,1-5H3;2-6,8-11H,1H3;3-10H,1-2H3;1-6,8-9H;3,6H,1-2H3;;;/q4*-1;;;;. The van der Waals surface area contributed by atoms with Crippen molar-refractivity contribution in [1.82, 2.24) is 24.3 Å². The largest absolute Gasteiger partial charge is 0.512 e. The Balaban J connectivity index is 0.000000169. The van der Waals surface area contributed by atoms with Gasteiger partial charge in [-0.2, -0.15) is 0 Å². The van der Waals surface area contributed by atoms with Crippen molar-refractivity contribution in [2.75, 3.05) is 0 Å². The van der Waals surface area contributed by atoms with Gasteiger partial charge < -0.3 is 23.9 Å². The molecule has 6 aromatic heterocycles. The number of ketones is 1. The molecule has 0 saturated carbocycles. The number of hydrogen-bond donors (Lipinski definition) is 1. The number of pyridine rings is 4. The Morgan fingerprint density at radius 3 is 2.01 bits per heavy atom. The van der Waals surface area contributed by atoms with E-state index in [2.05, 4.69) is 185 Å². The summed E-state index contributed by atoms with van der Waals surface area (Å²) in [5, 5.41) is 15.3. The van der Waals surface area contributed by atoms with Gasteiger partial charge in [-0.25, -0.2) is 0 Å². The number of furan rings is 1. The van der Waals surface area contributed by atoms with Gasteiger partial charge in [0, 0.05) is 101 Å². The van der Waals surface area contributed by atoms with E-state index < -0.39 is 0 Å². The molecule has 0 bridgehead atoms. The van der Waals surface area contributed by atoms with Crippen molar-refractivity contribution in [1.29, 1.82) is 0 Å². The van der Waals surface area contributed by atoms with Crippen molar-refractivity contribution in [2.45, 2.75) is 75.7 Å². The summed E-state index contributed by atoms with van der Waals surface area (Å²) in [5.74, 6) is -0.0625. The van der Waals surface area contributed by atoms with E-state index in [9.17, 15) is 4.79 Å². The van der Waals surface area contributed by atoms with Gasteiger partial charge in [-0.15, -0.1) is 119 Å². The van der Waals surface area contributed by atoms with E-state index in [1.54, 1.807) is 6.20 Å². The van der Waals surface area contributed by atoms with Crippen molar-refractivity contribution in [3.05, 3.63) is 282 Å². The number of fused-ring (bicyclic) bond motifs is 10. The van der Waals surface area contributed by atoms with Gasteiger partial charge >= 0.3 is 0 Å². The van der Waals surface area contributed by atoms with Gasteiger partial charge in [0.25, 0.3) is 0 Å². The average Bonchev–Trinajstić information content (AvgIpc) is 1.46. The van der Waals surface area contributed by atoms with Crippen LogP contribution in [0.25, 0.3) is 105 Å². The molecular weight excluding hydrogens is 1640 g/mol. The molecule has 8 nitrogen and oxygen atoms in total. The third-order valence-corrected chi connectivity index (χ3v) is 14.5. The molecule has 8 aromatic carbocycles. The molecule has 6 heterocycles. The van der Waals surface area contributed by atoms with Gasteiger partial charge in [0.15, 0.2) is 5.78 Å². The topological polar surface area (TPSA) is 106 Å². The van der Waals surface area contributed by atoms with Crippen LogP contribution in [0.3, 0.4) is 0 Å². The Bertz CT molecular complexity index is 4700. The maximum Gasteiger partial charge on any atom is 0.155 e. The predicted octanol–water partition coefficient (Wildman–Crippen LogP) is 20.0. The first kappa shape index (κ1) is 69.1. The molecular formula is C79H69Ir3N5O3-4. The fourth-order valence-electron chi connectivity index (χ4n) is 10.9. The molecule has 0 atom stereocenters. The molecule has 0 aliphatic carbocycles. The molecule has 459 valence electrons. The summed E-state index contributed by atoms with van der Waals surface area (Å²) in [6.07, 6.45) is 7.84. The van der Waals surface area contributed by atoms with Gasteiger partial charge in [-0.1, -0.05) is 154 Å². The first-order chi connectivity index (χ1) is 42.0. The first-order valence-electron chi connectivity index (χ1n) is 29.1. The SMILES string of the molecule is CC(=O)C=C(C)O.Cc1[c-]c(-c2ccc3ccccc3n2)cc(C)c1.Cc1cccc(C)c1-c1cnc2c3[c-]cccc3c3cc(CC(C)(C)C)ccc3n12.Cc1ccnc(-c2[c-]ccc3c2oc2ccccc23)c1.[Ir].[Ir].[Ir].[c-]1ccccc1-c1ccccn1. The number of aliphatic hydroxyl groups excluding tert-OH is 1. The monoisotopic (exact) mass is 1710 g/mol. The third kappa shape index (κ3) is 16.9. The molecule has 0 unspecified atom stereocenters. The minimum Gasteiger partial charge on any atom is -0.512 e. The van der Waals surface area contributed by atoms with Crippen LogP contribution in [0, 0.1) is 64.3 Å². The molecule has 0 aliphatic heterocycles. The second-order valence-electron chi connectivity index (χ2n) is 23.1. The van der Waals surface area contributed by atoms with Crippen LogP contribution >= 0.6 is 0 Å². The summed E-state index contributed by atoms with van der Waals surface area (Å²) in [6.45, 7) is 20.3. The minimum absolute atomic E-state index is 0. The zero-order chi connectivity index (χ0) is 61.2. The summed E-state index contributed by atoms with van der Waals surface area (Å²) in [4.78, 5) is 28.2. The van der Waals surface area contributed by atoms with Crippen LogP contribution in [0.2, 0.25) is 0 Å². The molecule has 90 heavy (non-hydrogen) atoms. The minimum atomic E-state index is -0.125. The molecule has 11 heteroatoms. The Morgan fingerprint density at radius 2 is 1.31 bits per heavy atom. The van der Waals surface area contributed by atoms with Crippen LogP contribution in [0.15, 0.2) is 229 Å². The molecule has 14 aromatic rings. The van der Waals surface area contributed by atoms with Crippen LogP contribution in [-0.2, 0) is 71.5 Å². The molecule has 3 radical (unpaired) electrons. The number of carbonyl (C=O) groups excluding carboxylic acids is 1. The molecule has 1 N–H and O–H groups in total. The number of rotatable bonds is 6. The first-order valence-corrected chi connectivity index (χ1v) is 29.1. The van der Waals surface area contributed by atoms with E-state index >= 15 is 0 Å². The van der Waals surface area contributed by atoms with Crippen LogP contribution in [-0.4, -0.2) is 35.2 Å². The summed E-state index contributed by atoms with van der Waals surface area (Å²) < 4.78 is 8.33. The van der Waals surface area contributed by atoms with Crippen molar-refractivity contribution in [2.24, 2.45) is 5.41 Å². The van der Waals surface area contributed by atoms with Crippen molar-refractivity contribution in [3.8, 4) is 45.0 Å². The fraction of sp³-hybridized carbons (Fsp3) is 0.152. The van der Waals surface area contributed by atoms with E-state index in [-0.39, 0.29) is 77.3 Å². The Morgan fingerprint density at radius 1 is 0.589 bits per heavy atom. The number of aromatic nitrogens is 5. The summed E-state index contributed by atoms with van der Waals surface area (Å²) in [5.41, 5.74) is 21.0. The summed E-state index contributed by atoms with van der Waals surface area (Å²) in [7, 11) is 0. The maximum atomic E-state index is 10.0. The fourth-order valence-corrected chi connectivity index (χ4v) is 10.9. The van der Waals surface area contributed by atoms with Gasteiger partial charge in [-0.3, -0.25) is 14.8 Å². The van der Waals surface area contributed by atoms with Crippen LogP contribution < -0.4 is 0 Å². The van der Waals surface area contributed by atoms with Gasteiger partial charge in [-0.05, 0) is 121 Å². The molecule has 14 rings (SSSR count). The third-order valence-electron chi connectivity index (χ3n) is 14.5. The second-order valence-corrected chi connectivity index (χ2v) is 23.1. The number of imidazole rings is 1. The predicted molar refractivity (Wildman–Crippen MR) is 359 cm³/mol. The summed E-state index contributed by atoms with van der Waals surface area (Å²) in [6, 6.07) is 79.3. The normalized spacial score (nSPS) is 10.9. The number of aryl methyl sites for hydroxylation is 5. The number of allylic oxidation sites excluding steroid dienone is 2. The number of hydrogen-bond acceptors (Lipinski definition) is 7. The van der Waals surface area contributed by atoms with Crippen molar-refractivity contribution >= 4 is 65.9 Å². The molecule has 0 fully saturated rings. The van der Waals surface area contributed by atoms with Gasteiger partial charge in [0.2, 0.25) is 0 Å². The number of carbonyl (C=O) groups is 1. The zero-order valence-corrected chi connectivity index (χ0v) is 59.2. The number of nitrogens with zero attached hydrogens (tertiary/aromatic N) is 5.